The number of imide groups is 1. The standard InChI is InChI=1S/C12H16BFN2O3/c1-12(2,3)19-11(18)16(7-17)6-8-4-9(13)10(14)5-15-8/h4-5,7H,6,13H2,1-3H3. The Morgan fingerprint density at radius 2 is 2.21 bits per heavy atom. The van der Waals surface area contributed by atoms with Gasteiger partial charge < -0.3 is 4.74 Å². The van der Waals surface area contributed by atoms with Crippen LogP contribution in [0.15, 0.2) is 12.3 Å². The van der Waals surface area contributed by atoms with Gasteiger partial charge in [-0.1, -0.05) is 5.46 Å². The maximum atomic E-state index is 13.1. The molecule has 0 fully saturated rings. The summed E-state index contributed by atoms with van der Waals surface area (Å²) in [6.07, 6.45) is 0.670. The van der Waals surface area contributed by atoms with Gasteiger partial charge in [-0.05, 0) is 26.8 Å². The van der Waals surface area contributed by atoms with E-state index in [4.69, 9.17) is 4.74 Å². The maximum absolute atomic E-state index is 13.1. The van der Waals surface area contributed by atoms with Gasteiger partial charge in [0.15, 0.2) is 0 Å². The molecular weight excluding hydrogens is 250 g/mol. The molecular formula is C12H16BFN2O3. The van der Waals surface area contributed by atoms with Crippen molar-refractivity contribution >= 4 is 25.8 Å². The van der Waals surface area contributed by atoms with Crippen molar-refractivity contribution in [2.24, 2.45) is 0 Å². The van der Waals surface area contributed by atoms with Gasteiger partial charge in [-0.3, -0.25) is 9.78 Å². The topological polar surface area (TPSA) is 59.5 Å². The molecule has 19 heavy (non-hydrogen) atoms. The monoisotopic (exact) mass is 266 g/mol. The number of pyridine rings is 1. The third-order valence-corrected chi connectivity index (χ3v) is 2.19. The number of carbonyl (C=O) groups excluding carboxylic acids is 2. The molecule has 2 amide bonds. The van der Waals surface area contributed by atoms with Crippen LogP contribution in [0, 0.1) is 5.82 Å². The molecule has 0 unspecified atom stereocenters. The summed E-state index contributed by atoms with van der Waals surface area (Å²) in [6, 6.07) is 1.48. The fourth-order valence-corrected chi connectivity index (χ4v) is 1.32. The van der Waals surface area contributed by atoms with Crippen LogP contribution in [0.4, 0.5) is 9.18 Å². The zero-order valence-corrected chi connectivity index (χ0v) is 11.4. The van der Waals surface area contributed by atoms with E-state index in [9.17, 15) is 14.0 Å². The molecule has 0 atom stereocenters. The first-order chi connectivity index (χ1) is 8.73. The van der Waals surface area contributed by atoms with E-state index < -0.39 is 17.5 Å². The van der Waals surface area contributed by atoms with E-state index in [1.165, 1.54) is 6.07 Å². The third kappa shape index (κ3) is 4.69. The molecule has 0 radical (unpaired) electrons. The molecule has 5 nitrogen and oxygen atoms in total. The lowest BCUT2D eigenvalue weighted by molar-refractivity contribution is -0.118. The van der Waals surface area contributed by atoms with Crippen LogP contribution in [-0.2, 0) is 16.1 Å². The Kier molecular flexibility index (Phi) is 4.64. The van der Waals surface area contributed by atoms with Crippen molar-refractivity contribution in [2.75, 3.05) is 0 Å². The zero-order valence-electron chi connectivity index (χ0n) is 11.4. The van der Waals surface area contributed by atoms with Crippen molar-refractivity contribution in [3.8, 4) is 0 Å². The largest absolute Gasteiger partial charge is 0.443 e. The van der Waals surface area contributed by atoms with E-state index in [-0.39, 0.29) is 6.54 Å². The van der Waals surface area contributed by atoms with Crippen LogP contribution in [0.2, 0.25) is 0 Å². The Labute approximate surface area is 112 Å². The van der Waals surface area contributed by atoms with Crippen molar-refractivity contribution in [1.82, 2.24) is 9.88 Å². The lowest BCUT2D eigenvalue weighted by Crippen LogP contribution is -2.36. The number of rotatable bonds is 3. The summed E-state index contributed by atoms with van der Waals surface area (Å²) in [5.74, 6) is -0.432. The third-order valence-electron chi connectivity index (χ3n) is 2.19. The first-order valence-electron chi connectivity index (χ1n) is 5.79. The molecule has 0 aliphatic carbocycles. The molecule has 1 rings (SSSR count). The van der Waals surface area contributed by atoms with E-state index in [2.05, 4.69) is 4.98 Å². The van der Waals surface area contributed by atoms with Crippen molar-refractivity contribution in [3.63, 3.8) is 0 Å². The lowest BCUT2D eigenvalue weighted by Gasteiger charge is -2.23. The van der Waals surface area contributed by atoms with E-state index in [0.29, 0.717) is 17.6 Å². The van der Waals surface area contributed by atoms with Crippen molar-refractivity contribution in [1.29, 1.82) is 0 Å². The first-order valence-corrected chi connectivity index (χ1v) is 5.79. The Balaban J connectivity index is 2.79. The van der Waals surface area contributed by atoms with Crippen molar-refractivity contribution in [2.45, 2.75) is 32.9 Å². The second-order valence-corrected chi connectivity index (χ2v) is 5.14. The molecule has 1 heterocycles. The van der Waals surface area contributed by atoms with Crippen molar-refractivity contribution < 1.29 is 18.7 Å². The van der Waals surface area contributed by atoms with Crippen LogP contribution in [0.3, 0.4) is 0 Å². The Morgan fingerprint density at radius 1 is 1.58 bits per heavy atom. The predicted molar refractivity (Wildman–Crippen MR) is 70.2 cm³/mol. The molecule has 1 aromatic rings. The molecule has 0 N–H and O–H groups in total. The summed E-state index contributed by atoms with van der Waals surface area (Å²) in [7, 11) is 1.58. The van der Waals surface area contributed by atoms with Gasteiger partial charge in [-0.2, -0.15) is 0 Å². The Morgan fingerprint density at radius 3 is 2.68 bits per heavy atom. The SMILES string of the molecule is Bc1cc(CN(C=O)C(=O)OC(C)(C)C)ncc1F. The highest BCUT2D eigenvalue weighted by Crippen LogP contribution is 2.10. The minimum Gasteiger partial charge on any atom is -0.443 e. The molecule has 0 spiro atoms. The summed E-state index contributed by atoms with van der Waals surface area (Å²) < 4.78 is 18.1. The van der Waals surface area contributed by atoms with Crippen LogP contribution in [0.1, 0.15) is 26.5 Å². The average molecular weight is 266 g/mol. The molecule has 0 aliphatic heterocycles. The fraction of sp³-hybridized carbons (Fsp3) is 0.417. The first kappa shape index (κ1) is 15.1. The molecule has 0 aromatic carbocycles. The zero-order chi connectivity index (χ0) is 14.6. The van der Waals surface area contributed by atoms with Crippen molar-refractivity contribution in [3.05, 3.63) is 23.8 Å². The highest BCUT2D eigenvalue weighted by atomic mass is 19.1. The number of amides is 2. The van der Waals surface area contributed by atoms with Gasteiger partial charge in [-0.25, -0.2) is 14.1 Å². The molecule has 1 aromatic heterocycles. The summed E-state index contributed by atoms with van der Waals surface area (Å²) in [6.45, 7) is 5.05. The van der Waals surface area contributed by atoms with E-state index in [1.807, 2.05) is 0 Å². The average Bonchev–Trinajstić information content (AvgIpc) is 2.28. The maximum Gasteiger partial charge on any atom is 0.417 e. The number of nitrogens with zero attached hydrogens (tertiary/aromatic N) is 2. The smallest absolute Gasteiger partial charge is 0.417 e. The summed E-state index contributed by atoms with van der Waals surface area (Å²) in [5.41, 5.74) is 0.127. The van der Waals surface area contributed by atoms with Gasteiger partial charge in [0, 0.05) is 0 Å². The molecule has 0 bridgehead atoms. The molecule has 102 valence electrons. The summed E-state index contributed by atoms with van der Waals surface area (Å²) in [4.78, 5) is 27.3. The van der Waals surface area contributed by atoms with E-state index >= 15 is 0 Å². The number of aromatic nitrogens is 1. The van der Waals surface area contributed by atoms with Crippen LogP contribution >= 0.6 is 0 Å². The highest BCUT2D eigenvalue weighted by Gasteiger charge is 2.22. The lowest BCUT2D eigenvalue weighted by atomic mass is 9.96. The van der Waals surface area contributed by atoms with Crippen LogP contribution < -0.4 is 5.46 Å². The van der Waals surface area contributed by atoms with Crippen LogP contribution in [0.5, 0.6) is 0 Å². The number of hydrogen-bond donors (Lipinski definition) is 0. The van der Waals surface area contributed by atoms with E-state index in [0.717, 1.165) is 11.1 Å². The van der Waals surface area contributed by atoms with E-state index in [1.54, 1.807) is 28.6 Å². The van der Waals surface area contributed by atoms with Gasteiger partial charge in [-0.15, -0.1) is 0 Å². The Bertz CT molecular complexity index is 488. The second kappa shape index (κ2) is 5.82. The Hall–Kier alpha value is -1.92. The van der Waals surface area contributed by atoms with Gasteiger partial charge in [0.05, 0.1) is 18.4 Å². The fourth-order valence-electron chi connectivity index (χ4n) is 1.32. The molecule has 7 heteroatoms. The van der Waals surface area contributed by atoms with Gasteiger partial charge in [0.2, 0.25) is 6.41 Å². The number of halogens is 1. The molecule has 0 saturated heterocycles. The second-order valence-electron chi connectivity index (χ2n) is 5.14. The highest BCUT2D eigenvalue weighted by molar-refractivity contribution is 6.32. The van der Waals surface area contributed by atoms with Crippen LogP contribution in [0.25, 0.3) is 0 Å². The normalized spacial score (nSPS) is 10.9. The van der Waals surface area contributed by atoms with Gasteiger partial charge >= 0.3 is 6.09 Å². The van der Waals surface area contributed by atoms with Crippen LogP contribution in [-0.4, -0.2) is 35.8 Å². The van der Waals surface area contributed by atoms with Gasteiger partial charge in [0.1, 0.15) is 19.3 Å². The van der Waals surface area contributed by atoms with Gasteiger partial charge in [0.25, 0.3) is 0 Å². The molecule has 0 aliphatic rings. The minimum absolute atomic E-state index is 0.0560. The number of ether oxygens (including phenoxy) is 1. The quantitative estimate of drug-likeness (QED) is 0.586. The minimum atomic E-state index is -0.758. The predicted octanol–water partition coefficient (Wildman–Crippen LogP) is 0.373. The number of carbonyl (C=O) groups is 2. The molecule has 0 saturated carbocycles. The summed E-state index contributed by atoms with van der Waals surface area (Å²) in [5, 5.41) is 0. The number of hydrogen-bond acceptors (Lipinski definition) is 4. The summed E-state index contributed by atoms with van der Waals surface area (Å²) >= 11 is 0.